The van der Waals surface area contributed by atoms with Gasteiger partial charge in [0, 0.05) is 38.4 Å². The molecule has 3 aromatic rings. The molecule has 8 heteroatoms. The zero-order chi connectivity index (χ0) is 22.5. The number of nitrogens with zero attached hydrogens (tertiary/aromatic N) is 4. The van der Waals surface area contributed by atoms with Crippen LogP contribution in [0, 0.1) is 0 Å². The molecule has 2 heterocycles. The Labute approximate surface area is 185 Å². The van der Waals surface area contributed by atoms with Gasteiger partial charge in [-0.25, -0.2) is 4.79 Å². The van der Waals surface area contributed by atoms with Crippen LogP contribution >= 0.6 is 0 Å². The van der Waals surface area contributed by atoms with Gasteiger partial charge < -0.3 is 14.5 Å². The lowest BCUT2D eigenvalue weighted by molar-refractivity contribution is -0.132. The van der Waals surface area contributed by atoms with Crippen LogP contribution in [0.3, 0.4) is 0 Å². The molecule has 1 aliphatic heterocycles. The van der Waals surface area contributed by atoms with Crippen LogP contribution in [0.2, 0.25) is 0 Å². The van der Waals surface area contributed by atoms with Crippen molar-refractivity contribution in [1.29, 1.82) is 0 Å². The maximum absolute atomic E-state index is 12.9. The average molecular weight is 434 g/mol. The lowest BCUT2D eigenvalue weighted by Crippen LogP contribution is -2.51. The van der Waals surface area contributed by atoms with E-state index in [1.54, 1.807) is 12.0 Å². The molecule has 1 saturated heterocycles. The largest absolute Gasteiger partial charge is 0.495 e. The van der Waals surface area contributed by atoms with Crippen molar-refractivity contribution in [2.24, 2.45) is 0 Å². The predicted molar refractivity (Wildman–Crippen MR) is 122 cm³/mol. The number of rotatable bonds is 6. The summed E-state index contributed by atoms with van der Waals surface area (Å²) in [4.78, 5) is 41.9. The predicted octanol–water partition coefficient (Wildman–Crippen LogP) is 1.42. The molecule has 32 heavy (non-hydrogen) atoms. The Balaban J connectivity index is 1.44. The molecular formula is C24H26N4O4. The van der Waals surface area contributed by atoms with Crippen LogP contribution in [-0.4, -0.2) is 53.2 Å². The van der Waals surface area contributed by atoms with Crippen molar-refractivity contribution in [3.63, 3.8) is 0 Å². The molecule has 2 aromatic carbocycles. The Kier molecular flexibility index (Phi) is 6.39. The third-order valence-corrected chi connectivity index (χ3v) is 5.69. The van der Waals surface area contributed by atoms with Gasteiger partial charge in [-0.05, 0) is 17.7 Å². The van der Waals surface area contributed by atoms with Gasteiger partial charge in [0.05, 0.1) is 19.3 Å². The molecule has 0 spiro atoms. The standard InChI is InChI=1S/C24H26N4O4/c1-32-21-10-6-5-9-20(21)25-13-15-26(16-14-25)23(30)18-28-22(29)11-12-27(24(28)31)17-19-7-3-2-4-8-19/h2-12H,13-18H2,1H3. The molecule has 1 amide bonds. The molecule has 8 nitrogen and oxygen atoms in total. The molecule has 0 unspecified atom stereocenters. The normalized spacial score (nSPS) is 13.8. The second-order valence-corrected chi connectivity index (χ2v) is 7.68. The number of benzene rings is 2. The average Bonchev–Trinajstić information content (AvgIpc) is 2.84. The highest BCUT2D eigenvalue weighted by Crippen LogP contribution is 2.28. The lowest BCUT2D eigenvalue weighted by Gasteiger charge is -2.36. The molecular weight excluding hydrogens is 408 g/mol. The summed E-state index contributed by atoms with van der Waals surface area (Å²) in [5.41, 5.74) is 0.978. The molecule has 0 aliphatic carbocycles. The maximum atomic E-state index is 12.9. The van der Waals surface area contributed by atoms with Crippen molar-refractivity contribution in [1.82, 2.24) is 14.0 Å². The first-order valence-electron chi connectivity index (χ1n) is 10.6. The van der Waals surface area contributed by atoms with E-state index >= 15 is 0 Å². The zero-order valence-electron chi connectivity index (χ0n) is 18.0. The Morgan fingerprint density at radius 2 is 1.59 bits per heavy atom. The molecule has 0 saturated carbocycles. The van der Waals surface area contributed by atoms with Crippen molar-refractivity contribution in [3.8, 4) is 5.75 Å². The Hall–Kier alpha value is -3.81. The lowest BCUT2D eigenvalue weighted by atomic mass is 10.2. The maximum Gasteiger partial charge on any atom is 0.331 e. The number of carbonyl (C=O) groups excluding carboxylic acids is 1. The molecule has 1 aliphatic rings. The minimum Gasteiger partial charge on any atom is -0.495 e. The summed E-state index contributed by atoms with van der Waals surface area (Å²) in [6, 6.07) is 18.6. The fraction of sp³-hybridized carbons (Fsp3) is 0.292. The van der Waals surface area contributed by atoms with Crippen molar-refractivity contribution < 1.29 is 9.53 Å². The summed E-state index contributed by atoms with van der Waals surface area (Å²) in [5.74, 6) is 0.559. The summed E-state index contributed by atoms with van der Waals surface area (Å²) < 4.78 is 7.89. The van der Waals surface area contributed by atoms with E-state index in [0.717, 1.165) is 21.6 Å². The number of carbonyl (C=O) groups is 1. The van der Waals surface area contributed by atoms with Crippen LogP contribution in [0.5, 0.6) is 5.75 Å². The van der Waals surface area contributed by atoms with E-state index in [1.165, 1.54) is 16.8 Å². The van der Waals surface area contributed by atoms with Crippen molar-refractivity contribution in [2.45, 2.75) is 13.1 Å². The van der Waals surface area contributed by atoms with Gasteiger partial charge in [-0.1, -0.05) is 42.5 Å². The topological polar surface area (TPSA) is 76.8 Å². The number of hydrogen-bond acceptors (Lipinski definition) is 5. The van der Waals surface area contributed by atoms with Crippen LogP contribution in [0.1, 0.15) is 5.56 Å². The first-order valence-corrected chi connectivity index (χ1v) is 10.6. The molecule has 166 valence electrons. The van der Waals surface area contributed by atoms with E-state index in [9.17, 15) is 14.4 Å². The number of aromatic nitrogens is 2. The van der Waals surface area contributed by atoms with Crippen LogP contribution in [-0.2, 0) is 17.9 Å². The van der Waals surface area contributed by atoms with Gasteiger partial charge in [-0.15, -0.1) is 0 Å². The smallest absolute Gasteiger partial charge is 0.331 e. The number of anilines is 1. The molecule has 0 N–H and O–H groups in total. The van der Waals surface area contributed by atoms with E-state index in [0.29, 0.717) is 32.7 Å². The molecule has 0 radical (unpaired) electrons. The van der Waals surface area contributed by atoms with E-state index in [4.69, 9.17) is 4.74 Å². The van der Waals surface area contributed by atoms with Gasteiger partial charge >= 0.3 is 5.69 Å². The quantitative estimate of drug-likeness (QED) is 0.587. The number of amides is 1. The van der Waals surface area contributed by atoms with Gasteiger partial charge in [-0.2, -0.15) is 0 Å². The highest BCUT2D eigenvalue weighted by Gasteiger charge is 2.24. The second-order valence-electron chi connectivity index (χ2n) is 7.68. The number of piperazine rings is 1. The van der Waals surface area contributed by atoms with Crippen molar-refractivity contribution in [2.75, 3.05) is 38.2 Å². The van der Waals surface area contributed by atoms with E-state index in [2.05, 4.69) is 4.90 Å². The summed E-state index contributed by atoms with van der Waals surface area (Å²) in [5, 5.41) is 0. The van der Waals surface area contributed by atoms with E-state index < -0.39 is 11.2 Å². The highest BCUT2D eigenvalue weighted by atomic mass is 16.5. The van der Waals surface area contributed by atoms with Crippen LogP contribution in [0.25, 0.3) is 0 Å². The summed E-state index contributed by atoms with van der Waals surface area (Å²) >= 11 is 0. The second kappa shape index (κ2) is 9.55. The van der Waals surface area contributed by atoms with E-state index in [1.807, 2.05) is 54.6 Å². The Morgan fingerprint density at radius 1 is 0.906 bits per heavy atom. The van der Waals surface area contributed by atoms with Crippen LogP contribution in [0.4, 0.5) is 5.69 Å². The van der Waals surface area contributed by atoms with Gasteiger partial charge in [0.1, 0.15) is 12.3 Å². The van der Waals surface area contributed by atoms with Gasteiger partial charge in [-0.3, -0.25) is 18.7 Å². The summed E-state index contributed by atoms with van der Waals surface area (Å²) in [6.45, 7) is 2.39. The van der Waals surface area contributed by atoms with Gasteiger partial charge in [0.25, 0.3) is 5.56 Å². The highest BCUT2D eigenvalue weighted by molar-refractivity contribution is 5.76. The van der Waals surface area contributed by atoms with Crippen molar-refractivity contribution in [3.05, 3.63) is 93.3 Å². The molecule has 4 rings (SSSR count). The SMILES string of the molecule is COc1ccccc1N1CCN(C(=O)Cn2c(=O)ccn(Cc3ccccc3)c2=O)CC1. The summed E-state index contributed by atoms with van der Waals surface area (Å²) in [6.07, 6.45) is 1.48. The van der Waals surface area contributed by atoms with Crippen LogP contribution < -0.4 is 20.9 Å². The third-order valence-electron chi connectivity index (χ3n) is 5.69. The molecule has 1 fully saturated rings. The fourth-order valence-corrected chi connectivity index (χ4v) is 3.93. The van der Waals surface area contributed by atoms with Gasteiger partial charge in [0.15, 0.2) is 0 Å². The Morgan fingerprint density at radius 3 is 2.31 bits per heavy atom. The van der Waals surface area contributed by atoms with Crippen molar-refractivity contribution >= 4 is 11.6 Å². The number of para-hydroxylation sites is 2. The summed E-state index contributed by atoms with van der Waals surface area (Å²) in [7, 11) is 1.64. The Bertz CT molecular complexity index is 1190. The number of hydrogen-bond donors (Lipinski definition) is 0. The first kappa shape index (κ1) is 21.4. The number of methoxy groups -OCH3 is 1. The van der Waals surface area contributed by atoms with E-state index in [-0.39, 0.29) is 12.5 Å². The van der Waals surface area contributed by atoms with Gasteiger partial charge in [0.2, 0.25) is 5.91 Å². The van der Waals surface area contributed by atoms with Crippen LogP contribution in [0.15, 0.2) is 76.4 Å². The minimum atomic E-state index is -0.484. The molecule has 1 aromatic heterocycles. The minimum absolute atomic E-state index is 0.235. The fourth-order valence-electron chi connectivity index (χ4n) is 3.93. The third kappa shape index (κ3) is 4.59. The molecule has 0 bridgehead atoms. The zero-order valence-corrected chi connectivity index (χ0v) is 18.0. The number of ether oxygens (including phenoxy) is 1. The monoisotopic (exact) mass is 434 g/mol. The molecule has 0 atom stereocenters. The first-order chi connectivity index (χ1) is 15.6.